The Balaban J connectivity index is 1.47. The van der Waals surface area contributed by atoms with Crippen LogP contribution in [-0.4, -0.2) is 40.2 Å². The van der Waals surface area contributed by atoms with Crippen molar-refractivity contribution in [3.8, 4) is 17.2 Å². The standard InChI is InChI=1S/C25H26N2O6S/c1-17-7-9-22(31-3)20(11-17)15-27(2)25(28)19-5-4-6-21(13-19)34(29,30)26-14-18-8-10-23-24(12-18)33-16-32-23/h4-13,26H,14-16H2,1-3H3. The van der Waals surface area contributed by atoms with Gasteiger partial charge in [0.25, 0.3) is 5.91 Å². The van der Waals surface area contributed by atoms with Gasteiger partial charge in [-0.05, 0) is 48.9 Å². The molecule has 9 heteroatoms. The molecule has 34 heavy (non-hydrogen) atoms. The number of carbonyl (C=O) groups is 1. The largest absolute Gasteiger partial charge is 0.496 e. The number of fused-ring (bicyclic) bond motifs is 1. The van der Waals surface area contributed by atoms with Crippen LogP contribution < -0.4 is 18.9 Å². The zero-order valence-electron chi connectivity index (χ0n) is 19.2. The van der Waals surface area contributed by atoms with Crippen molar-refractivity contribution in [2.24, 2.45) is 0 Å². The second kappa shape index (κ2) is 9.74. The van der Waals surface area contributed by atoms with E-state index in [9.17, 15) is 13.2 Å². The number of ether oxygens (including phenoxy) is 3. The third kappa shape index (κ3) is 5.16. The number of nitrogens with zero attached hydrogens (tertiary/aromatic N) is 1. The lowest BCUT2D eigenvalue weighted by molar-refractivity contribution is 0.0784. The van der Waals surface area contributed by atoms with Gasteiger partial charge in [-0.15, -0.1) is 0 Å². The molecule has 8 nitrogen and oxygen atoms in total. The van der Waals surface area contributed by atoms with Crippen molar-refractivity contribution in [2.75, 3.05) is 21.0 Å². The molecule has 0 fully saturated rings. The number of amides is 1. The van der Waals surface area contributed by atoms with Crippen molar-refractivity contribution in [2.45, 2.75) is 24.9 Å². The Morgan fingerprint density at radius 3 is 2.65 bits per heavy atom. The summed E-state index contributed by atoms with van der Waals surface area (Å²) in [5.74, 6) is 1.61. The first kappa shape index (κ1) is 23.6. The highest BCUT2D eigenvalue weighted by atomic mass is 32.2. The van der Waals surface area contributed by atoms with E-state index in [1.165, 1.54) is 17.0 Å². The molecular formula is C25H26N2O6S. The molecule has 0 aromatic heterocycles. The van der Waals surface area contributed by atoms with Crippen molar-refractivity contribution in [1.29, 1.82) is 0 Å². The molecule has 0 spiro atoms. The normalized spacial score (nSPS) is 12.4. The highest BCUT2D eigenvalue weighted by molar-refractivity contribution is 7.89. The Labute approximate surface area is 199 Å². The number of carbonyl (C=O) groups excluding carboxylic acids is 1. The summed E-state index contributed by atoms with van der Waals surface area (Å²) in [4.78, 5) is 14.6. The van der Waals surface area contributed by atoms with E-state index < -0.39 is 10.0 Å². The Bertz CT molecular complexity index is 1320. The number of sulfonamides is 1. The Kier molecular flexibility index (Phi) is 6.76. The number of hydrogen-bond acceptors (Lipinski definition) is 6. The van der Waals surface area contributed by atoms with E-state index in [1.54, 1.807) is 44.5 Å². The van der Waals surface area contributed by atoms with E-state index in [-0.39, 0.29) is 29.7 Å². The maximum atomic E-state index is 13.0. The number of rotatable bonds is 8. The van der Waals surface area contributed by atoms with E-state index in [0.29, 0.717) is 23.8 Å². The summed E-state index contributed by atoms with van der Waals surface area (Å²) in [5.41, 5.74) is 2.93. The van der Waals surface area contributed by atoms with Gasteiger partial charge in [0.05, 0.1) is 12.0 Å². The van der Waals surface area contributed by atoms with Gasteiger partial charge in [0, 0.05) is 31.3 Å². The van der Waals surface area contributed by atoms with Gasteiger partial charge in [-0.2, -0.15) is 0 Å². The molecule has 3 aromatic rings. The summed E-state index contributed by atoms with van der Waals surface area (Å²) < 4.78 is 44.4. The van der Waals surface area contributed by atoms with Gasteiger partial charge in [0.1, 0.15) is 5.75 Å². The number of benzene rings is 3. The monoisotopic (exact) mass is 482 g/mol. The van der Waals surface area contributed by atoms with Crippen LogP contribution in [0, 0.1) is 6.92 Å². The molecule has 178 valence electrons. The van der Waals surface area contributed by atoms with E-state index in [0.717, 1.165) is 16.7 Å². The third-order valence-electron chi connectivity index (χ3n) is 5.48. The lowest BCUT2D eigenvalue weighted by Crippen LogP contribution is -2.27. The number of hydrogen-bond donors (Lipinski definition) is 1. The van der Waals surface area contributed by atoms with Crippen LogP contribution >= 0.6 is 0 Å². The van der Waals surface area contributed by atoms with Crippen LogP contribution in [0.2, 0.25) is 0 Å². The maximum absolute atomic E-state index is 13.0. The summed E-state index contributed by atoms with van der Waals surface area (Å²) >= 11 is 0. The molecule has 1 aliphatic rings. The summed E-state index contributed by atoms with van der Waals surface area (Å²) in [6, 6.07) is 17.0. The predicted molar refractivity (Wildman–Crippen MR) is 127 cm³/mol. The SMILES string of the molecule is COc1ccc(C)cc1CN(C)C(=O)c1cccc(S(=O)(=O)NCc2ccc3c(c2)OCO3)c1. The van der Waals surface area contributed by atoms with Crippen molar-refractivity contribution in [3.63, 3.8) is 0 Å². The highest BCUT2D eigenvalue weighted by Gasteiger charge is 2.20. The lowest BCUT2D eigenvalue weighted by Gasteiger charge is -2.20. The molecule has 0 saturated carbocycles. The molecule has 1 aliphatic heterocycles. The Morgan fingerprint density at radius 1 is 1.06 bits per heavy atom. The number of aryl methyl sites for hydroxylation is 1. The first-order valence-corrected chi connectivity index (χ1v) is 12.1. The van der Waals surface area contributed by atoms with Gasteiger partial charge >= 0.3 is 0 Å². The molecule has 0 atom stereocenters. The fourth-order valence-corrected chi connectivity index (χ4v) is 4.75. The minimum atomic E-state index is -3.84. The van der Waals surface area contributed by atoms with Crippen LogP contribution in [0.1, 0.15) is 27.0 Å². The minimum Gasteiger partial charge on any atom is -0.496 e. The molecule has 3 aromatic carbocycles. The average molecular weight is 483 g/mol. The molecule has 0 aliphatic carbocycles. The number of nitrogens with one attached hydrogen (secondary N) is 1. The van der Waals surface area contributed by atoms with E-state index in [1.807, 2.05) is 25.1 Å². The quantitative estimate of drug-likeness (QED) is 0.528. The zero-order valence-corrected chi connectivity index (χ0v) is 20.0. The Morgan fingerprint density at radius 2 is 1.85 bits per heavy atom. The molecule has 0 radical (unpaired) electrons. The van der Waals surface area contributed by atoms with Crippen molar-refractivity contribution in [1.82, 2.24) is 9.62 Å². The van der Waals surface area contributed by atoms with Gasteiger partial charge < -0.3 is 19.1 Å². The second-order valence-corrected chi connectivity index (χ2v) is 9.78. The van der Waals surface area contributed by atoms with Crippen LogP contribution in [0.4, 0.5) is 0 Å². The van der Waals surface area contributed by atoms with Gasteiger partial charge in [0.2, 0.25) is 16.8 Å². The fraction of sp³-hybridized carbons (Fsp3) is 0.240. The first-order chi connectivity index (χ1) is 16.3. The molecule has 0 bridgehead atoms. The van der Waals surface area contributed by atoms with E-state index >= 15 is 0 Å². The minimum absolute atomic E-state index is 0.0145. The first-order valence-electron chi connectivity index (χ1n) is 10.6. The van der Waals surface area contributed by atoms with Crippen LogP contribution in [0.3, 0.4) is 0 Å². The van der Waals surface area contributed by atoms with Crippen molar-refractivity contribution in [3.05, 3.63) is 82.9 Å². The number of methoxy groups -OCH3 is 1. The van der Waals surface area contributed by atoms with Crippen molar-refractivity contribution >= 4 is 15.9 Å². The molecule has 0 unspecified atom stereocenters. The second-order valence-electron chi connectivity index (χ2n) is 8.02. The zero-order chi connectivity index (χ0) is 24.3. The molecule has 1 amide bonds. The van der Waals surface area contributed by atoms with Crippen molar-refractivity contribution < 1.29 is 27.4 Å². The van der Waals surface area contributed by atoms with Gasteiger partial charge in [-0.25, -0.2) is 13.1 Å². The van der Waals surface area contributed by atoms with E-state index in [4.69, 9.17) is 14.2 Å². The topological polar surface area (TPSA) is 94.2 Å². The fourth-order valence-electron chi connectivity index (χ4n) is 3.69. The van der Waals surface area contributed by atoms with Crippen LogP contribution in [-0.2, 0) is 23.1 Å². The van der Waals surface area contributed by atoms with E-state index in [2.05, 4.69) is 4.72 Å². The molecule has 0 saturated heterocycles. The summed E-state index contributed by atoms with van der Waals surface area (Å²) in [5, 5.41) is 0. The van der Waals surface area contributed by atoms with Crippen LogP contribution in [0.15, 0.2) is 65.6 Å². The summed E-state index contributed by atoms with van der Waals surface area (Å²) in [6.45, 7) is 2.51. The molecular weight excluding hydrogens is 456 g/mol. The molecule has 1 heterocycles. The lowest BCUT2D eigenvalue weighted by atomic mass is 10.1. The molecule has 1 N–H and O–H groups in total. The van der Waals surface area contributed by atoms with Crippen LogP contribution in [0.25, 0.3) is 0 Å². The smallest absolute Gasteiger partial charge is 0.253 e. The van der Waals surface area contributed by atoms with Gasteiger partial charge in [-0.1, -0.05) is 29.8 Å². The maximum Gasteiger partial charge on any atom is 0.253 e. The third-order valence-corrected chi connectivity index (χ3v) is 6.88. The Hall–Kier alpha value is -3.56. The highest BCUT2D eigenvalue weighted by Crippen LogP contribution is 2.32. The van der Waals surface area contributed by atoms with Gasteiger partial charge in [-0.3, -0.25) is 4.79 Å². The summed E-state index contributed by atoms with van der Waals surface area (Å²) in [7, 11) is -0.588. The summed E-state index contributed by atoms with van der Waals surface area (Å²) in [6.07, 6.45) is 0. The molecule has 4 rings (SSSR count). The van der Waals surface area contributed by atoms with Gasteiger partial charge in [0.15, 0.2) is 11.5 Å². The van der Waals surface area contributed by atoms with Crippen LogP contribution in [0.5, 0.6) is 17.2 Å². The average Bonchev–Trinajstić information content (AvgIpc) is 3.30. The predicted octanol–water partition coefficient (Wildman–Crippen LogP) is 3.48.